The number of ether oxygens (including phenoxy) is 2. The molecular weight excluding hydrogens is 446 g/mol. The number of methoxy groups -OCH3 is 1. The van der Waals surface area contributed by atoms with Crippen LogP contribution in [-0.4, -0.2) is 43.3 Å². The average Bonchev–Trinajstić information content (AvgIpc) is 3.33. The molecule has 0 bridgehead atoms. The van der Waals surface area contributed by atoms with Gasteiger partial charge in [-0.05, 0) is 77.1 Å². The predicted octanol–water partition coefficient (Wildman–Crippen LogP) is 4.25. The van der Waals surface area contributed by atoms with Crippen molar-refractivity contribution in [3.63, 3.8) is 0 Å². The van der Waals surface area contributed by atoms with E-state index in [1.54, 1.807) is 31.2 Å². The first-order valence-corrected chi connectivity index (χ1v) is 12.7. The van der Waals surface area contributed by atoms with Crippen LogP contribution < -0.4 is 0 Å². The van der Waals surface area contributed by atoms with Gasteiger partial charge in [-0.3, -0.25) is 4.79 Å². The van der Waals surface area contributed by atoms with Gasteiger partial charge in [-0.2, -0.15) is 0 Å². The number of aryl methyl sites for hydroxylation is 1. The maximum Gasteiger partial charge on any atom is 0.337 e. The number of esters is 2. The SMILES string of the molecule is COC(=O)c1ccc(-c2nc(CS(=O)(=O)[C@@H]3CC[C@H](CC(=O)OC(C)(C)C)C3)c(C)o2)cc1. The van der Waals surface area contributed by atoms with Crippen LogP contribution in [0.3, 0.4) is 0 Å². The Kier molecular flexibility index (Phi) is 7.31. The van der Waals surface area contributed by atoms with Crippen molar-refractivity contribution in [2.45, 2.75) is 70.0 Å². The smallest absolute Gasteiger partial charge is 0.337 e. The largest absolute Gasteiger partial charge is 0.465 e. The molecule has 0 aliphatic heterocycles. The Morgan fingerprint density at radius 2 is 1.82 bits per heavy atom. The fourth-order valence-corrected chi connectivity index (χ4v) is 5.97. The highest BCUT2D eigenvalue weighted by molar-refractivity contribution is 7.91. The summed E-state index contributed by atoms with van der Waals surface area (Å²) in [5.74, 6) is -0.217. The average molecular weight is 478 g/mol. The van der Waals surface area contributed by atoms with E-state index in [2.05, 4.69) is 9.72 Å². The van der Waals surface area contributed by atoms with Crippen LogP contribution in [0.15, 0.2) is 28.7 Å². The topological polar surface area (TPSA) is 113 Å². The van der Waals surface area contributed by atoms with Crippen LogP contribution in [0.2, 0.25) is 0 Å². The normalized spacial score (nSPS) is 18.8. The van der Waals surface area contributed by atoms with E-state index in [1.165, 1.54) is 7.11 Å². The number of benzene rings is 1. The number of hydrogen-bond donors (Lipinski definition) is 0. The molecule has 1 aliphatic carbocycles. The van der Waals surface area contributed by atoms with Crippen molar-refractivity contribution in [3.8, 4) is 11.5 Å². The van der Waals surface area contributed by atoms with Crippen LogP contribution in [0.25, 0.3) is 11.5 Å². The van der Waals surface area contributed by atoms with Gasteiger partial charge in [0.15, 0.2) is 9.84 Å². The third-order valence-electron chi connectivity index (χ3n) is 5.66. The van der Waals surface area contributed by atoms with Crippen molar-refractivity contribution >= 4 is 21.8 Å². The predicted molar refractivity (Wildman–Crippen MR) is 122 cm³/mol. The van der Waals surface area contributed by atoms with E-state index in [0.717, 1.165) is 0 Å². The number of rotatable bonds is 7. The highest BCUT2D eigenvalue weighted by Crippen LogP contribution is 2.35. The molecule has 1 aliphatic rings. The van der Waals surface area contributed by atoms with Gasteiger partial charge < -0.3 is 13.9 Å². The zero-order valence-electron chi connectivity index (χ0n) is 19.7. The van der Waals surface area contributed by atoms with Gasteiger partial charge in [-0.25, -0.2) is 18.2 Å². The standard InChI is InChI=1S/C24H31NO7S/c1-15-20(25-22(31-15)17-7-9-18(10-8-17)23(27)30-5)14-33(28,29)19-11-6-16(12-19)13-21(26)32-24(2,3)4/h7-10,16,19H,6,11-14H2,1-5H3/t16-,19+/m0/s1. The summed E-state index contributed by atoms with van der Waals surface area (Å²) < 4.78 is 41.9. The Morgan fingerprint density at radius 1 is 1.15 bits per heavy atom. The fourth-order valence-electron chi connectivity index (χ4n) is 4.02. The number of aromatic nitrogens is 1. The van der Waals surface area contributed by atoms with Gasteiger partial charge in [-0.1, -0.05) is 0 Å². The van der Waals surface area contributed by atoms with Gasteiger partial charge in [0.2, 0.25) is 5.89 Å². The third kappa shape index (κ3) is 6.43. The molecule has 0 unspecified atom stereocenters. The molecule has 2 aromatic rings. The zero-order valence-corrected chi connectivity index (χ0v) is 20.5. The second-order valence-corrected chi connectivity index (χ2v) is 11.8. The number of carbonyl (C=O) groups is 2. The molecule has 9 heteroatoms. The van der Waals surface area contributed by atoms with E-state index in [1.807, 2.05) is 20.8 Å². The quantitative estimate of drug-likeness (QED) is 0.544. The summed E-state index contributed by atoms with van der Waals surface area (Å²) in [6.45, 7) is 7.13. The molecule has 8 nitrogen and oxygen atoms in total. The van der Waals surface area contributed by atoms with Gasteiger partial charge in [0.1, 0.15) is 11.4 Å². The molecule has 0 radical (unpaired) electrons. The number of carbonyl (C=O) groups excluding carboxylic acids is 2. The van der Waals surface area contributed by atoms with Crippen molar-refractivity contribution < 1.29 is 31.9 Å². The van der Waals surface area contributed by atoms with Gasteiger partial charge in [0.25, 0.3) is 0 Å². The Morgan fingerprint density at radius 3 is 2.42 bits per heavy atom. The molecule has 33 heavy (non-hydrogen) atoms. The van der Waals surface area contributed by atoms with Gasteiger partial charge in [0.05, 0.1) is 29.4 Å². The summed E-state index contributed by atoms with van der Waals surface area (Å²) in [5.41, 5.74) is 0.850. The summed E-state index contributed by atoms with van der Waals surface area (Å²) in [7, 11) is -2.16. The third-order valence-corrected chi connectivity index (χ3v) is 7.78. The summed E-state index contributed by atoms with van der Waals surface area (Å²) in [4.78, 5) is 28.1. The molecule has 3 rings (SSSR count). The Hall–Kier alpha value is -2.68. The van der Waals surface area contributed by atoms with Crippen LogP contribution in [0, 0.1) is 12.8 Å². The van der Waals surface area contributed by atoms with Crippen LogP contribution in [0.1, 0.15) is 68.3 Å². The Bertz CT molecular complexity index is 1110. The lowest BCUT2D eigenvalue weighted by molar-refractivity contribution is -0.155. The first-order valence-electron chi connectivity index (χ1n) is 11.0. The highest BCUT2D eigenvalue weighted by Gasteiger charge is 2.36. The van der Waals surface area contributed by atoms with E-state index >= 15 is 0 Å². The highest BCUT2D eigenvalue weighted by atomic mass is 32.2. The minimum absolute atomic E-state index is 0.00178. The van der Waals surface area contributed by atoms with Gasteiger partial charge in [-0.15, -0.1) is 0 Å². The summed E-state index contributed by atoms with van der Waals surface area (Å²) in [5, 5.41) is -0.510. The lowest BCUT2D eigenvalue weighted by Gasteiger charge is -2.20. The van der Waals surface area contributed by atoms with E-state index in [-0.39, 0.29) is 24.1 Å². The molecule has 0 amide bonds. The number of oxazole rings is 1. The molecule has 1 fully saturated rings. The fraction of sp³-hybridized carbons (Fsp3) is 0.542. The van der Waals surface area contributed by atoms with Crippen molar-refractivity contribution in [1.82, 2.24) is 4.98 Å². The molecule has 1 aromatic heterocycles. The monoisotopic (exact) mass is 477 g/mol. The molecule has 0 spiro atoms. The van der Waals surface area contributed by atoms with Crippen molar-refractivity contribution in [1.29, 1.82) is 0 Å². The van der Waals surface area contributed by atoms with Crippen LogP contribution in [-0.2, 0) is 29.9 Å². The maximum atomic E-state index is 13.1. The maximum absolute atomic E-state index is 13.1. The Balaban J connectivity index is 1.65. The number of nitrogens with zero attached hydrogens (tertiary/aromatic N) is 1. The first-order chi connectivity index (χ1) is 15.4. The molecule has 0 N–H and O–H groups in total. The van der Waals surface area contributed by atoms with Crippen molar-refractivity contribution in [2.75, 3.05) is 7.11 Å². The minimum Gasteiger partial charge on any atom is -0.465 e. The van der Waals surface area contributed by atoms with E-state index in [9.17, 15) is 18.0 Å². The van der Waals surface area contributed by atoms with Crippen molar-refractivity contribution in [3.05, 3.63) is 41.3 Å². The van der Waals surface area contributed by atoms with Crippen LogP contribution in [0.5, 0.6) is 0 Å². The van der Waals surface area contributed by atoms with Crippen LogP contribution >= 0.6 is 0 Å². The van der Waals surface area contributed by atoms with E-state index < -0.39 is 26.7 Å². The van der Waals surface area contributed by atoms with Crippen molar-refractivity contribution in [2.24, 2.45) is 5.92 Å². The van der Waals surface area contributed by atoms with Gasteiger partial charge in [0, 0.05) is 12.0 Å². The Labute approximate surface area is 194 Å². The van der Waals surface area contributed by atoms with E-state index in [0.29, 0.717) is 47.7 Å². The van der Waals surface area contributed by atoms with Gasteiger partial charge >= 0.3 is 11.9 Å². The molecule has 180 valence electrons. The first kappa shape index (κ1) is 25.0. The number of hydrogen-bond acceptors (Lipinski definition) is 8. The lowest BCUT2D eigenvalue weighted by atomic mass is 10.0. The molecule has 2 atom stereocenters. The summed E-state index contributed by atoms with van der Waals surface area (Å²) >= 11 is 0. The zero-order chi connectivity index (χ0) is 24.4. The molecule has 1 saturated carbocycles. The summed E-state index contributed by atoms with van der Waals surface area (Å²) in [6, 6.07) is 6.54. The molecule has 0 saturated heterocycles. The minimum atomic E-state index is -3.47. The lowest BCUT2D eigenvalue weighted by Crippen LogP contribution is -2.25. The molecule has 1 aromatic carbocycles. The second-order valence-electron chi connectivity index (χ2n) is 9.49. The number of sulfone groups is 1. The molecular formula is C24H31NO7S. The second kappa shape index (κ2) is 9.67. The molecule has 1 heterocycles. The summed E-state index contributed by atoms with van der Waals surface area (Å²) in [6.07, 6.45) is 1.88. The van der Waals surface area contributed by atoms with Crippen LogP contribution in [0.4, 0.5) is 0 Å². The van der Waals surface area contributed by atoms with E-state index in [4.69, 9.17) is 9.15 Å².